The van der Waals surface area contributed by atoms with Gasteiger partial charge in [0.1, 0.15) is 0 Å². The van der Waals surface area contributed by atoms with E-state index in [1.54, 1.807) is 0 Å². The molecular weight excluding hydrogens is 222 g/mol. The van der Waals surface area contributed by atoms with Crippen LogP contribution in [0.4, 0.5) is 0 Å². The van der Waals surface area contributed by atoms with Gasteiger partial charge in [0.05, 0.1) is 0 Å². The molecule has 0 aromatic rings. The molecule has 1 rings (SSSR count). The highest BCUT2D eigenvalue weighted by atomic mass is 15.2. The molecule has 1 fully saturated rings. The lowest BCUT2D eigenvalue weighted by Crippen LogP contribution is -2.45. The van der Waals surface area contributed by atoms with Crippen LogP contribution in [0, 0.1) is 0 Å². The first-order valence-corrected chi connectivity index (χ1v) is 7.80. The number of rotatable bonds is 9. The molecule has 2 atom stereocenters. The summed E-state index contributed by atoms with van der Waals surface area (Å²) in [5.74, 6) is 0. The van der Waals surface area contributed by atoms with Gasteiger partial charge in [-0.1, -0.05) is 20.3 Å². The highest BCUT2D eigenvalue weighted by molar-refractivity contribution is 4.82. The Labute approximate surface area is 114 Å². The molecule has 3 heteroatoms. The van der Waals surface area contributed by atoms with Crippen molar-refractivity contribution in [3.05, 3.63) is 0 Å². The van der Waals surface area contributed by atoms with Gasteiger partial charge in [-0.15, -0.1) is 0 Å². The van der Waals surface area contributed by atoms with Crippen molar-refractivity contribution in [1.82, 2.24) is 15.1 Å². The van der Waals surface area contributed by atoms with Gasteiger partial charge in [0.25, 0.3) is 0 Å². The molecule has 0 radical (unpaired) electrons. The van der Waals surface area contributed by atoms with Gasteiger partial charge in [-0.25, -0.2) is 0 Å². The lowest BCUT2D eigenvalue weighted by Gasteiger charge is -2.32. The molecule has 1 N–H and O–H groups in total. The fourth-order valence-electron chi connectivity index (χ4n) is 2.95. The van der Waals surface area contributed by atoms with Crippen molar-refractivity contribution in [2.75, 3.05) is 40.3 Å². The van der Waals surface area contributed by atoms with Crippen LogP contribution in [0.2, 0.25) is 0 Å². The van der Waals surface area contributed by atoms with E-state index in [1.165, 1.54) is 45.2 Å². The van der Waals surface area contributed by atoms with E-state index < -0.39 is 0 Å². The fraction of sp³-hybridized carbons (Fsp3) is 1.00. The zero-order valence-corrected chi connectivity index (χ0v) is 12.9. The molecule has 0 amide bonds. The number of hydrogen-bond donors (Lipinski definition) is 1. The van der Waals surface area contributed by atoms with Crippen LogP contribution in [0.1, 0.15) is 46.0 Å². The van der Waals surface area contributed by atoms with Gasteiger partial charge in [0.15, 0.2) is 0 Å². The van der Waals surface area contributed by atoms with E-state index in [2.05, 4.69) is 43.1 Å². The molecule has 2 unspecified atom stereocenters. The van der Waals surface area contributed by atoms with Gasteiger partial charge in [0, 0.05) is 25.2 Å². The first-order valence-electron chi connectivity index (χ1n) is 7.80. The molecule has 0 saturated carbocycles. The maximum absolute atomic E-state index is 3.58. The summed E-state index contributed by atoms with van der Waals surface area (Å²) < 4.78 is 0. The lowest BCUT2D eigenvalue weighted by atomic mass is 10.1. The van der Waals surface area contributed by atoms with Gasteiger partial charge in [0.2, 0.25) is 0 Å². The summed E-state index contributed by atoms with van der Waals surface area (Å²) in [5, 5.41) is 3.58. The first-order chi connectivity index (χ1) is 8.69. The number of hydrogen-bond acceptors (Lipinski definition) is 3. The molecular formula is C15H33N3. The fourth-order valence-corrected chi connectivity index (χ4v) is 2.95. The second kappa shape index (κ2) is 8.89. The van der Waals surface area contributed by atoms with Crippen molar-refractivity contribution in [1.29, 1.82) is 0 Å². The zero-order valence-electron chi connectivity index (χ0n) is 12.9. The Balaban J connectivity index is 2.35. The minimum atomic E-state index is 0.704. The van der Waals surface area contributed by atoms with Crippen molar-refractivity contribution < 1.29 is 0 Å². The molecule has 0 aromatic heterocycles. The Morgan fingerprint density at radius 2 is 2.11 bits per heavy atom. The maximum atomic E-state index is 3.58. The van der Waals surface area contributed by atoms with Gasteiger partial charge >= 0.3 is 0 Å². The Hall–Kier alpha value is -0.120. The van der Waals surface area contributed by atoms with Gasteiger partial charge < -0.3 is 15.1 Å². The molecule has 108 valence electrons. The minimum absolute atomic E-state index is 0.704. The van der Waals surface area contributed by atoms with E-state index in [-0.39, 0.29) is 0 Å². The molecule has 1 heterocycles. The molecule has 0 bridgehead atoms. The third-order valence-corrected chi connectivity index (χ3v) is 4.22. The Morgan fingerprint density at radius 1 is 1.33 bits per heavy atom. The van der Waals surface area contributed by atoms with Gasteiger partial charge in [-0.05, 0) is 52.9 Å². The Bertz CT molecular complexity index is 208. The summed E-state index contributed by atoms with van der Waals surface area (Å²) in [6.07, 6.45) is 6.57. The highest BCUT2D eigenvalue weighted by Gasteiger charge is 2.24. The van der Waals surface area contributed by atoms with Crippen molar-refractivity contribution in [3.63, 3.8) is 0 Å². The standard InChI is InChI=1S/C15H33N3/c1-5-8-14(12-16-10-6-2)18(4)13-15-9-7-11-17(15)3/h14-16H,5-13H2,1-4H3. The topological polar surface area (TPSA) is 18.5 Å². The SMILES string of the molecule is CCCNCC(CCC)N(C)CC1CCCN1C. The van der Waals surface area contributed by atoms with E-state index in [4.69, 9.17) is 0 Å². The van der Waals surface area contributed by atoms with Crippen LogP contribution in [-0.2, 0) is 0 Å². The van der Waals surface area contributed by atoms with Crippen LogP contribution in [0.3, 0.4) is 0 Å². The molecule has 0 aliphatic carbocycles. The van der Waals surface area contributed by atoms with Crippen LogP contribution in [0.15, 0.2) is 0 Å². The largest absolute Gasteiger partial charge is 0.315 e. The number of likely N-dealkylation sites (N-methyl/N-ethyl adjacent to an activating group) is 2. The van der Waals surface area contributed by atoms with Crippen molar-refractivity contribution in [2.45, 2.75) is 58.0 Å². The van der Waals surface area contributed by atoms with Crippen LogP contribution in [0.25, 0.3) is 0 Å². The third-order valence-electron chi connectivity index (χ3n) is 4.22. The van der Waals surface area contributed by atoms with E-state index >= 15 is 0 Å². The van der Waals surface area contributed by atoms with Crippen LogP contribution < -0.4 is 5.32 Å². The molecule has 0 aromatic carbocycles. The summed E-state index contributed by atoms with van der Waals surface area (Å²) in [5.41, 5.74) is 0. The van der Waals surface area contributed by atoms with Crippen LogP contribution >= 0.6 is 0 Å². The Morgan fingerprint density at radius 3 is 2.67 bits per heavy atom. The van der Waals surface area contributed by atoms with E-state index in [0.29, 0.717) is 6.04 Å². The highest BCUT2D eigenvalue weighted by Crippen LogP contribution is 2.17. The maximum Gasteiger partial charge on any atom is 0.0220 e. The molecule has 0 spiro atoms. The zero-order chi connectivity index (χ0) is 13.4. The second-order valence-corrected chi connectivity index (χ2v) is 5.86. The molecule has 18 heavy (non-hydrogen) atoms. The normalized spacial score (nSPS) is 22.8. The lowest BCUT2D eigenvalue weighted by molar-refractivity contribution is 0.166. The van der Waals surface area contributed by atoms with Gasteiger partial charge in [-0.3, -0.25) is 0 Å². The smallest absolute Gasteiger partial charge is 0.0220 e. The Kier molecular flexibility index (Phi) is 7.87. The molecule has 3 nitrogen and oxygen atoms in total. The number of nitrogens with one attached hydrogen (secondary N) is 1. The quantitative estimate of drug-likeness (QED) is 0.637. The summed E-state index contributed by atoms with van der Waals surface area (Å²) >= 11 is 0. The summed E-state index contributed by atoms with van der Waals surface area (Å²) in [7, 11) is 4.58. The average molecular weight is 255 g/mol. The molecule has 1 aliphatic heterocycles. The third kappa shape index (κ3) is 5.25. The predicted molar refractivity (Wildman–Crippen MR) is 80.1 cm³/mol. The summed E-state index contributed by atoms with van der Waals surface area (Å²) in [6.45, 7) is 9.34. The first kappa shape index (κ1) is 15.9. The van der Waals surface area contributed by atoms with E-state index in [0.717, 1.165) is 19.1 Å². The van der Waals surface area contributed by atoms with Gasteiger partial charge in [-0.2, -0.15) is 0 Å². The van der Waals surface area contributed by atoms with Crippen LogP contribution in [-0.4, -0.2) is 62.2 Å². The summed E-state index contributed by atoms with van der Waals surface area (Å²) in [4.78, 5) is 5.11. The minimum Gasteiger partial charge on any atom is -0.315 e. The number of likely N-dealkylation sites (tertiary alicyclic amines) is 1. The van der Waals surface area contributed by atoms with Crippen molar-refractivity contribution in [3.8, 4) is 0 Å². The van der Waals surface area contributed by atoms with Crippen molar-refractivity contribution in [2.24, 2.45) is 0 Å². The van der Waals surface area contributed by atoms with Crippen LogP contribution in [0.5, 0.6) is 0 Å². The van der Waals surface area contributed by atoms with E-state index in [9.17, 15) is 0 Å². The average Bonchev–Trinajstić information content (AvgIpc) is 2.74. The molecule has 1 aliphatic rings. The second-order valence-electron chi connectivity index (χ2n) is 5.86. The predicted octanol–water partition coefficient (Wildman–Crippen LogP) is 2.18. The molecule has 1 saturated heterocycles. The monoisotopic (exact) mass is 255 g/mol. The number of nitrogens with zero attached hydrogens (tertiary/aromatic N) is 2. The summed E-state index contributed by atoms with van der Waals surface area (Å²) in [6, 6.07) is 1.48. The van der Waals surface area contributed by atoms with E-state index in [1.807, 2.05) is 0 Å². The van der Waals surface area contributed by atoms with Crippen molar-refractivity contribution >= 4 is 0 Å².